The van der Waals surface area contributed by atoms with Gasteiger partial charge in [-0.2, -0.15) is 0 Å². The maximum atomic E-state index is 13.3. The highest BCUT2D eigenvalue weighted by Crippen LogP contribution is 2.25. The molecule has 0 aliphatic rings. The molecule has 72 heavy (non-hydrogen) atoms. The molecule has 0 N–H and O–H groups in total. The molecule has 432 valence electrons. The van der Waals surface area contributed by atoms with Gasteiger partial charge in [-0.25, -0.2) is 0 Å². The van der Waals surface area contributed by atoms with Crippen molar-refractivity contribution in [3.8, 4) is 0 Å². The zero-order valence-electron chi connectivity index (χ0n) is 46.7. The quantitative estimate of drug-likeness (QED) is 0.0438. The number of methoxy groups -OCH3 is 6. The summed E-state index contributed by atoms with van der Waals surface area (Å²) in [6.45, 7) is 15.0. The van der Waals surface area contributed by atoms with Gasteiger partial charge in [-0.1, -0.05) is 78.1 Å². The Hall–Kier alpha value is -0.616. The lowest BCUT2D eigenvalue weighted by atomic mass is 9.88. The van der Waals surface area contributed by atoms with Crippen LogP contribution in [0.15, 0.2) is 0 Å². The summed E-state index contributed by atoms with van der Waals surface area (Å²) in [5.74, 6) is 0.554. The molecular weight excluding hydrogens is 973 g/mol. The van der Waals surface area contributed by atoms with Crippen LogP contribution in [0.2, 0.25) is 12.1 Å². The van der Waals surface area contributed by atoms with Crippen molar-refractivity contribution in [2.45, 2.75) is 116 Å². The van der Waals surface area contributed by atoms with Gasteiger partial charge in [0.25, 0.3) is 0 Å². The largest absolute Gasteiger partial charge is 0.501 e. The maximum Gasteiger partial charge on any atom is 0.501 e. The van der Waals surface area contributed by atoms with Gasteiger partial charge >= 0.3 is 17.6 Å². The number of ether oxygens (including phenoxy) is 12. The number of carbonyl (C=O) groups is 1. The van der Waals surface area contributed by atoms with Crippen molar-refractivity contribution in [3.05, 3.63) is 0 Å². The second-order valence-corrected chi connectivity index (χ2v) is 23.1. The fourth-order valence-electron chi connectivity index (χ4n) is 7.45. The summed E-state index contributed by atoms with van der Waals surface area (Å²) in [7, 11) is 3.78. The molecule has 0 fully saturated rings. The van der Waals surface area contributed by atoms with Gasteiger partial charge in [-0.3, -0.25) is 4.79 Å². The summed E-state index contributed by atoms with van der Waals surface area (Å²) in [5.41, 5.74) is 0. The van der Waals surface area contributed by atoms with Crippen LogP contribution in [0.3, 0.4) is 0 Å². The number of Topliss-reactive ketones (excluding diaryl/α,β-unsaturated/α-hetero) is 1. The van der Waals surface area contributed by atoms with Crippen LogP contribution in [0.5, 0.6) is 0 Å². The van der Waals surface area contributed by atoms with E-state index < -0.39 is 17.6 Å². The van der Waals surface area contributed by atoms with E-state index in [2.05, 4.69) is 13.8 Å². The molecule has 0 heterocycles. The van der Waals surface area contributed by atoms with Gasteiger partial charge < -0.3 is 83.4 Å². The molecule has 0 amide bonds. The van der Waals surface area contributed by atoms with E-state index in [1.807, 2.05) is 0 Å². The zero-order chi connectivity index (χ0) is 52.7. The second-order valence-electron chi connectivity index (χ2n) is 17.6. The molecular formula is C51H106O19Si2. The van der Waals surface area contributed by atoms with Gasteiger partial charge in [0.1, 0.15) is 5.78 Å². The van der Waals surface area contributed by atoms with Crippen LogP contribution in [0.25, 0.3) is 0 Å². The maximum absolute atomic E-state index is 13.3. The predicted molar refractivity (Wildman–Crippen MR) is 281 cm³/mol. The van der Waals surface area contributed by atoms with Crippen molar-refractivity contribution >= 4 is 23.4 Å². The van der Waals surface area contributed by atoms with Crippen LogP contribution >= 0.6 is 0 Å². The third-order valence-corrected chi connectivity index (χ3v) is 17.4. The summed E-state index contributed by atoms with van der Waals surface area (Å²) in [6.07, 6.45) is 14.6. The Bertz CT molecular complexity index is 945. The Morgan fingerprint density at radius 2 is 0.472 bits per heavy atom. The molecule has 0 aromatic rings. The molecule has 0 spiro atoms. The lowest BCUT2D eigenvalue weighted by molar-refractivity contribution is -0.126. The lowest BCUT2D eigenvalue weighted by Crippen LogP contribution is -2.48. The van der Waals surface area contributed by atoms with E-state index in [9.17, 15) is 4.79 Å². The number of hydrogen-bond donors (Lipinski definition) is 0. The standard InChI is InChI=1S/C51H106O19Si2/c1-49(21-17-13-9-11-15-19-47-71(65-41-35-59-29-23-53-3,66-42-36-60-30-24-54-4)67-43-37-61-31-25-55-5)51(52)50(2)22-18-14-10-12-16-20-48-72(68-44-38-62-32-26-56-6,69-45-39-63-33-27-57-7)70-46-40-64-34-28-58-8/h49-50H,9-48H2,1-8H3. The minimum absolute atomic E-state index is 0.0790. The Kier molecular flexibility index (Phi) is 54.7. The van der Waals surface area contributed by atoms with Gasteiger partial charge in [0.2, 0.25) is 0 Å². The van der Waals surface area contributed by atoms with Crippen molar-refractivity contribution in [3.63, 3.8) is 0 Å². The second kappa shape index (κ2) is 55.1. The molecule has 0 aromatic heterocycles. The van der Waals surface area contributed by atoms with Crippen LogP contribution in [0.1, 0.15) is 104 Å². The highest BCUT2D eigenvalue weighted by atomic mass is 28.4. The molecule has 2 atom stereocenters. The first-order valence-corrected chi connectivity index (χ1v) is 30.9. The molecule has 0 aliphatic carbocycles. The Labute approximate surface area is 439 Å². The fraction of sp³-hybridized carbons (Fsp3) is 0.980. The highest BCUT2D eigenvalue weighted by molar-refractivity contribution is 6.61. The van der Waals surface area contributed by atoms with E-state index in [1.54, 1.807) is 42.7 Å². The third-order valence-electron chi connectivity index (χ3n) is 11.6. The topological polar surface area (TPSA) is 183 Å². The van der Waals surface area contributed by atoms with Crippen LogP contribution in [0, 0.1) is 11.8 Å². The summed E-state index contributed by atoms with van der Waals surface area (Å²) in [5, 5.41) is 0. The van der Waals surface area contributed by atoms with E-state index >= 15 is 0 Å². The van der Waals surface area contributed by atoms with Crippen LogP contribution in [-0.2, 0) is 88.2 Å². The fourth-order valence-corrected chi connectivity index (χ4v) is 12.6. The van der Waals surface area contributed by atoms with Crippen molar-refractivity contribution in [1.29, 1.82) is 0 Å². The van der Waals surface area contributed by atoms with E-state index in [0.29, 0.717) is 176 Å². The first-order valence-electron chi connectivity index (χ1n) is 27.1. The molecule has 19 nitrogen and oxygen atoms in total. The molecule has 0 radical (unpaired) electrons. The molecule has 0 saturated carbocycles. The number of ketones is 1. The first kappa shape index (κ1) is 71.4. The van der Waals surface area contributed by atoms with E-state index in [4.69, 9.17) is 83.4 Å². The van der Waals surface area contributed by atoms with Crippen LogP contribution in [0.4, 0.5) is 0 Å². The summed E-state index contributed by atoms with van der Waals surface area (Å²) in [6, 6.07) is 1.39. The van der Waals surface area contributed by atoms with E-state index in [1.165, 1.54) is 0 Å². The van der Waals surface area contributed by atoms with E-state index in [-0.39, 0.29) is 11.8 Å². The minimum Gasteiger partial charge on any atom is -0.382 e. The van der Waals surface area contributed by atoms with Crippen molar-refractivity contribution < 1.29 is 88.2 Å². The molecule has 0 rings (SSSR count). The Morgan fingerprint density at radius 1 is 0.278 bits per heavy atom. The third kappa shape index (κ3) is 44.5. The Morgan fingerprint density at radius 3 is 0.694 bits per heavy atom. The smallest absolute Gasteiger partial charge is 0.382 e. The normalized spacial score (nSPS) is 13.1. The monoisotopic (exact) mass is 1080 g/mol. The number of rotatable bonds is 62. The average molecular weight is 1080 g/mol. The lowest BCUT2D eigenvalue weighted by Gasteiger charge is -2.30. The van der Waals surface area contributed by atoms with Crippen molar-refractivity contribution in [2.75, 3.05) is 201 Å². The number of unbranched alkanes of at least 4 members (excludes halogenated alkanes) is 10. The molecule has 21 heteroatoms. The molecule has 0 aliphatic heterocycles. The zero-order valence-corrected chi connectivity index (χ0v) is 48.7. The van der Waals surface area contributed by atoms with Gasteiger partial charge in [-0.15, -0.1) is 0 Å². The van der Waals surface area contributed by atoms with E-state index in [0.717, 1.165) is 89.9 Å². The summed E-state index contributed by atoms with van der Waals surface area (Å²) < 4.78 is 103. The minimum atomic E-state index is -3.07. The number of carbonyl (C=O) groups excluding carboxylic acids is 1. The van der Waals surface area contributed by atoms with Gasteiger partial charge in [0, 0.05) is 66.6 Å². The van der Waals surface area contributed by atoms with Crippen molar-refractivity contribution in [2.24, 2.45) is 11.8 Å². The van der Waals surface area contributed by atoms with Crippen LogP contribution in [-0.4, -0.2) is 225 Å². The SMILES string of the molecule is COCCOCCO[Si](CCCCCCCCC(C)C(=O)C(C)CCCCCCCC[Si](OCCOCCOC)(OCCOCCOC)OCCOCCOC)(OCCOCCOC)OCCOCCOC. The predicted octanol–water partition coefficient (Wildman–Crippen LogP) is 7.24. The summed E-state index contributed by atoms with van der Waals surface area (Å²) >= 11 is 0. The Balaban J connectivity index is 4.85. The van der Waals surface area contributed by atoms with Crippen LogP contribution < -0.4 is 0 Å². The average Bonchev–Trinajstić information content (AvgIpc) is 3.38. The number of hydrogen-bond acceptors (Lipinski definition) is 19. The molecule has 0 aromatic carbocycles. The van der Waals surface area contributed by atoms with Gasteiger partial charge in [-0.05, 0) is 25.7 Å². The molecule has 0 bridgehead atoms. The summed E-state index contributed by atoms with van der Waals surface area (Å²) in [4.78, 5) is 13.3. The first-order chi connectivity index (χ1) is 35.3. The van der Waals surface area contributed by atoms with Gasteiger partial charge in [0.05, 0.1) is 159 Å². The van der Waals surface area contributed by atoms with Gasteiger partial charge in [0.15, 0.2) is 0 Å². The molecule has 2 unspecified atom stereocenters. The molecule has 0 saturated heterocycles. The van der Waals surface area contributed by atoms with Crippen molar-refractivity contribution in [1.82, 2.24) is 0 Å². The highest BCUT2D eigenvalue weighted by Gasteiger charge is 2.42.